The van der Waals surface area contributed by atoms with Gasteiger partial charge in [0.25, 0.3) is 0 Å². The Morgan fingerprint density at radius 3 is 2.94 bits per heavy atom. The van der Waals surface area contributed by atoms with Crippen molar-refractivity contribution in [2.45, 2.75) is 18.4 Å². The molecule has 0 amide bonds. The van der Waals surface area contributed by atoms with E-state index >= 15 is 0 Å². The van der Waals surface area contributed by atoms with E-state index in [0.29, 0.717) is 12.3 Å². The molecule has 18 heavy (non-hydrogen) atoms. The van der Waals surface area contributed by atoms with Crippen LogP contribution in [0.5, 0.6) is 0 Å². The van der Waals surface area contributed by atoms with Crippen LogP contribution in [0.4, 0.5) is 0 Å². The van der Waals surface area contributed by atoms with Gasteiger partial charge in [0.1, 0.15) is 18.4 Å². The topological polar surface area (TPSA) is 63.3 Å². The Morgan fingerprint density at radius 2 is 2.28 bits per heavy atom. The standard InChI is InChI=1S/C12H14N4OS/c1-2-18-12-6-4-3-5-10(12)11(15-17)7-16-9-13-8-14-16/h3-6,8-9,17H,2,7H2,1H3/b15-11+. The van der Waals surface area contributed by atoms with Crippen LogP contribution in [0, 0.1) is 0 Å². The van der Waals surface area contributed by atoms with Crippen molar-refractivity contribution in [3.05, 3.63) is 42.5 Å². The minimum atomic E-state index is 0.401. The summed E-state index contributed by atoms with van der Waals surface area (Å²) in [6.07, 6.45) is 3.06. The molecule has 6 heteroatoms. The summed E-state index contributed by atoms with van der Waals surface area (Å²) in [5.74, 6) is 0.971. The van der Waals surface area contributed by atoms with E-state index in [1.54, 1.807) is 22.8 Å². The third-order valence-electron chi connectivity index (χ3n) is 2.40. The molecule has 0 atom stereocenters. The highest BCUT2D eigenvalue weighted by Gasteiger charge is 2.10. The molecule has 1 aromatic heterocycles. The number of oxime groups is 1. The molecule has 94 valence electrons. The summed E-state index contributed by atoms with van der Waals surface area (Å²) in [5, 5.41) is 16.6. The Morgan fingerprint density at radius 1 is 1.44 bits per heavy atom. The molecule has 2 rings (SSSR count). The van der Waals surface area contributed by atoms with Crippen molar-refractivity contribution in [2.24, 2.45) is 5.16 Å². The maximum absolute atomic E-state index is 9.19. The highest BCUT2D eigenvalue weighted by atomic mass is 32.2. The lowest BCUT2D eigenvalue weighted by atomic mass is 10.1. The number of hydrogen-bond acceptors (Lipinski definition) is 5. The summed E-state index contributed by atoms with van der Waals surface area (Å²) in [4.78, 5) is 4.98. The van der Waals surface area contributed by atoms with Gasteiger partial charge in [-0.2, -0.15) is 5.10 Å². The number of hydrogen-bond donors (Lipinski definition) is 1. The molecule has 0 fully saturated rings. The molecule has 0 aliphatic rings. The van der Waals surface area contributed by atoms with Gasteiger partial charge in [-0.15, -0.1) is 11.8 Å². The molecule has 0 saturated carbocycles. The van der Waals surface area contributed by atoms with Gasteiger partial charge in [0.05, 0.1) is 6.54 Å². The van der Waals surface area contributed by atoms with E-state index in [2.05, 4.69) is 22.2 Å². The van der Waals surface area contributed by atoms with Gasteiger partial charge in [-0.25, -0.2) is 9.67 Å². The summed E-state index contributed by atoms with van der Waals surface area (Å²) in [5.41, 5.74) is 1.51. The monoisotopic (exact) mass is 262 g/mol. The van der Waals surface area contributed by atoms with Crippen LogP contribution in [0.1, 0.15) is 12.5 Å². The lowest BCUT2D eigenvalue weighted by Gasteiger charge is -2.09. The predicted molar refractivity (Wildman–Crippen MR) is 71.2 cm³/mol. The molecular formula is C12H14N4OS. The number of benzene rings is 1. The number of rotatable bonds is 5. The van der Waals surface area contributed by atoms with Crippen molar-refractivity contribution in [1.29, 1.82) is 0 Å². The second-order valence-corrected chi connectivity index (χ2v) is 4.87. The van der Waals surface area contributed by atoms with Crippen molar-refractivity contribution >= 4 is 17.5 Å². The Hall–Kier alpha value is -1.82. The van der Waals surface area contributed by atoms with Gasteiger partial charge in [0, 0.05) is 10.5 Å². The van der Waals surface area contributed by atoms with E-state index in [4.69, 9.17) is 0 Å². The van der Waals surface area contributed by atoms with E-state index in [-0.39, 0.29) is 0 Å². The van der Waals surface area contributed by atoms with E-state index < -0.39 is 0 Å². The zero-order valence-corrected chi connectivity index (χ0v) is 10.8. The van der Waals surface area contributed by atoms with Gasteiger partial charge in [0.2, 0.25) is 0 Å². The average molecular weight is 262 g/mol. The highest BCUT2D eigenvalue weighted by Crippen LogP contribution is 2.23. The molecule has 1 aromatic carbocycles. The highest BCUT2D eigenvalue weighted by molar-refractivity contribution is 7.99. The zero-order valence-electron chi connectivity index (χ0n) is 10.0. The largest absolute Gasteiger partial charge is 0.411 e. The number of nitrogens with zero attached hydrogens (tertiary/aromatic N) is 4. The minimum absolute atomic E-state index is 0.401. The van der Waals surface area contributed by atoms with Crippen LogP contribution in [0.15, 0.2) is 47.0 Å². The van der Waals surface area contributed by atoms with Crippen molar-refractivity contribution in [2.75, 3.05) is 5.75 Å². The SMILES string of the molecule is CCSc1ccccc1/C(Cn1cncn1)=N/O. The zero-order chi connectivity index (χ0) is 12.8. The fourth-order valence-corrected chi connectivity index (χ4v) is 2.45. The molecule has 0 spiro atoms. The summed E-state index contributed by atoms with van der Waals surface area (Å²) in [6, 6.07) is 7.88. The summed E-state index contributed by atoms with van der Waals surface area (Å²) in [6.45, 7) is 2.49. The minimum Gasteiger partial charge on any atom is -0.411 e. The van der Waals surface area contributed by atoms with Crippen LogP contribution >= 0.6 is 11.8 Å². The second-order valence-electron chi connectivity index (χ2n) is 3.57. The third-order valence-corrected chi connectivity index (χ3v) is 3.35. The van der Waals surface area contributed by atoms with Crippen molar-refractivity contribution in [3.63, 3.8) is 0 Å². The molecule has 0 radical (unpaired) electrons. The van der Waals surface area contributed by atoms with Gasteiger partial charge < -0.3 is 5.21 Å². The quantitative estimate of drug-likeness (QED) is 0.388. The average Bonchev–Trinajstić information content (AvgIpc) is 2.90. The first-order valence-electron chi connectivity index (χ1n) is 5.60. The fourth-order valence-electron chi connectivity index (χ4n) is 1.62. The predicted octanol–water partition coefficient (Wildman–Crippen LogP) is 2.27. The molecule has 0 bridgehead atoms. The van der Waals surface area contributed by atoms with Crippen molar-refractivity contribution in [1.82, 2.24) is 14.8 Å². The third kappa shape index (κ3) is 2.89. The molecule has 5 nitrogen and oxygen atoms in total. The van der Waals surface area contributed by atoms with E-state index in [0.717, 1.165) is 16.2 Å². The van der Waals surface area contributed by atoms with Gasteiger partial charge in [-0.05, 0) is 11.8 Å². The van der Waals surface area contributed by atoms with Gasteiger partial charge in [-0.1, -0.05) is 30.3 Å². The van der Waals surface area contributed by atoms with Crippen molar-refractivity contribution < 1.29 is 5.21 Å². The first kappa shape index (κ1) is 12.6. The Balaban J connectivity index is 2.27. The van der Waals surface area contributed by atoms with Gasteiger partial charge >= 0.3 is 0 Å². The molecule has 1 heterocycles. The molecule has 0 aliphatic heterocycles. The van der Waals surface area contributed by atoms with Crippen LogP contribution in [-0.4, -0.2) is 31.4 Å². The van der Waals surface area contributed by atoms with Gasteiger partial charge in [0.15, 0.2) is 0 Å². The van der Waals surface area contributed by atoms with Crippen LogP contribution < -0.4 is 0 Å². The molecular weight excluding hydrogens is 248 g/mol. The van der Waals surface area contributed by atoms with E-state index in [1.165, 1.54) is 6.33 Å². The van der Waals surface area contributed by atoms with Crippen LogP contribution in [-0.2, 0) is 6.54 Å². The Bertz CT molecular complexity index is 525. The first-order chi connectivity index (χ1) is 8.85. The summed E-state index contributed by atoms with van der Waals surface area (Å²) in [7, 11) is 0. The number of aromatic nitrogens is 3. The molecule has 0 unspecified atom stereocenters. The van der Waals surface area contributed by atoms with Crippen LogP contribution in [0.25, 0.3) is 0 Å². The normalized spacial score (nSPS) is 11.7. The van der Waals surface area contributed by atoms with Gasteiger partial charge in [-0.3, -0.25) is 0 Å². The summed E-state index contributed by atoms with van der Waals surface area (Å²) >= 11 is 1.72. The number of thioether (sulfide) groups is 1. The second kappa shape index (κ2) is 6.20. The lowest BCUT2D eigenvalue weighted by Crippen LogP contribution is -2.13. The smallest absolute Gasteiger partial charge is 0.137 e. The maximum atomic E-state index is 9.19. The van der Waals surface area contributed by atoms with Crippen LogP contribution in [0.2, 0.25) is 0 Å². The van der Waals surface area contributed by atoms with E-state index in [9.17, 15) is 5.21 Å². The molecule has 1 N–H and O–H groups in total. The fraction of sp³-hybridized carbons (Fsp3) is 0.250. The molecule has 0 saturated heterocycles. The Kier molecular flexibility index (Phi) is 4.35. The molecule has 0 aliphatic carbocycles. The Labute approximate surface area is 110 Å². The maximum Gasteiger partial charge on any atom is 0.137 e. The molecule has 2 aromatic rings. The lowest BCUT2D eigenvalue weighted by molar-refractivity contribution is 0.317. The van der Waals surface area contributed by atoms with Crippen LogP contribution in [0.3, 0.4) is 0 Å². The summed E-state index contributed by atoms with van der Waals surface area (Å²) < 4.78 is 1.63. The van der Waals surface area contributed by atoms with Crippen molar-refractivity contribution in [3.8, 4) is 0 Å². The van der Waals surface area contributed by atoms with E-state index in [1.807, 2.05) is 24.3 Å². The first-order valence-corrected chi connectivity index (χ1v) is 6.59.